The first kappa shape index (κ1) is 24.0. The molecule has 9 heteroatoms. The van der Waals surface area contributed by atoms with Gasteiger partial charge in [0.15, 0.2) is 0 Å². The van der Waals surface area contributed by atoms with Gasteiger partial charge in [-0.3, -0.25) is 0 Å². The minimum absolute atomic E-state index is 0. The smallest absolute Gasteiger partial charge is 1.00 e. The molecule has 0 rings (SSSR count). The van der Waals surface area contributed by atoms with E-state index in [4.69, 9.17) is 4.10 Å². The molecule has 0 aliphatic heterocycles. The molecule has 0 saturated heterocycles. The minimum atomic E-state index is -4.38. The second kappa shape index (κ2) is 10.1. The van der Waals surface area contributed by atoms with Crippen molar-refractivity contribution in [2.24, 2.45) is 0 Å². The summed E-state index contributed by atoms with van der Waals surface area (Å²) >= 11 is -7.75. The number of rotatable bonds is 0. The maximum atomic E-state index is 9.72. The Labute approximate surface area is 122 Å². The van der Waals surface area contributed by atoms with E-state index in [1.807, 2.05) is 0 Å². The Hall–Kier alpha value is 2.60. The maximum Gasteiger partial charge on any atom is 1.00 e. The van der Waals surface area contributed by atoms with E-state index in [0.717, 1.165) is 5.71 Å². The molecule has 0 fully saturated rings. The Morgan fingerprint density at radius 3 is 1.00 bits per heavy atom. The summed E-state index contributed by atoms with van der Waals surface area (Å²) in [6, 6.07) is 0. The molecule has 0 saturated carbocycles. The predicted molar refractivity (Wildman–Crippen MR) is 32.7 cm³/mol. The van der Waals surface area contributed by atoms with Crippen molar-refractivity contribution in [3.63, 3.8) is 0 Å². The molecular formula is C3H10As2Na2O5. The predicted octanol–water partition coefficient (Wildman–Crippen LogP) is -8.17. The third-order valence-electron chi connectivity index (χ3n) is 0. The zero-order chi connectivity index (χ0) is 9.00. The van der Waals surface area contributed by atoms with E-state index in [9.17, 15) is 15.7 Å². The van der Waals surface area contributed by atoms with Crippen LogP contribution in [-0.2, 0) is 7.48 Å². The van der Waals surface area contributed by atoms with E-state index >= 15 is 0 Å². The molecule has 0 aromatic heterocycles. The summed E-state index contributed by atoms with van der Waals surface area (Å²) in [6.07, 6.45) is 0. The summed E-state index contributed by atoms with van der Waals surface area (Å²) in [5.41, 5.74) is 3.30. The Morgan fingerprint density at radius 2 is 1.00 bits per heavy atom. The van der Waals surface area contributed by atoms with Crippen molar-refractivity contribution in [1.82, 2.24) is 0 Å². The second-order valence-corrected chi connectivity index (χ2v) is 10.7. The zero-order valence-electron chi connectivity index (χ0n) is 7.97. The van der Waals surface area contributed by atoms with Crippen LogP contribution in [0.25, 0.3) is 0 Å². The Balaban J connectivity index is -0.0000000457. The largest absolute Gasteiger partial charge is 1.00 e. The molecule has 0 radical (unpaired) electrons. The molecule has 0 heterocycles. The SMILES string of the molecule is C[As](=O)([O-])O.C[As](C)(=O)[O-].[Na+].[Na+]. The van der Waals surface area contributed by atoms with Gasteiger partial charge in [-0.05, 0) is 0 Å². The van der Waals surface area contributed by atoms with Gasteiger partial charge in [0.25, 0.3) is 0 Å². The van der Waals surface area contributed by atoms with E-state index in [1.54, 1.807) is 0 Å². The molecule has 1 unspecified atom stereocenters. The van der Waals surface area contributed by atoms with Crippen LogP contribution >= 0.6 is 0 Å². The van der Waals surface area contributed by atoms with E-state index in [2.05, 4.69) is 0 Å². The van der Waals surface area contributed by atoms with Gasteiger partial charge in [0, 0.05) is 0 Å². The summed E-state index contributed by atoms with van der Waals surface area (Å²) in [7, 11) is 0. The van der Waals surface area contributed by atoms with Gasteiger partial charge in [-0.1, -0.05) is 0 Å². The van der Waals surface area contributed by atoms with Gasteiger partial charge in [-0.25, -0.2) is 0 Å². The first-order chi connectivity index (χ1) is 4.00. The van der Waals surface area contributed by atoms with Crippen molar-refractivity contribution in [2.75, 3.05) is 0 Å². The normalized spacial score (nSPS) is 13.8. The standard InChI is InChI=1S/C2H7AsO2.CH5AsO3.2Na/c1-3(2,4)5;1-2(3,4)5;;/h1-2H3,(H,4,5);1H3,(H2,3,4,5);;/q;;2*+1/p-2. The molecule has 1 N–H and O–H groups in total. The van der Waals surface area contributed by atoms with Gasteiger partial charge in [-0.2, -0.15) is 0 Å². The van der Waals surface area contributed by atoms with E-state index in [-0.39, 0.29) is 59.1 Å². The van der Waals surface area contributed by atoms with Crippen LogP contribution in [0, 0.1) is 0 Å². The minimum Gasteiger partial charge on any atom is 1.00 e. The third-order valence-corrected chi connectivity index (χ3v) is 0. The van der Waals surface area contributed by atoms with Crippen LogP contribution in [0.15, 0.2) is 0 Å². The summed E-state index contributed by atoms with van der Waals surface area (Å²) in [5, 5.41) is 0. The molecule has 64 valence electrons. The molecule has 5 nitrogen and oxygen atoms in total. The Kier molecular flexibility index (Phi) is 20.3. The quantitative estimate of drug-likeness (QED) is 0.447. The monoisotopic (exact) mass is 322 g/mol. The van der Waals surface area contributed by atoms with E-state index in [0.29, 0.717) is 0 Å². The molecule has 0 bridgehead atoms. The van der Waals surface area contributed by atoms with Gasteiger partial charge < -0.3 is 0 Å². The van der Waals surface area contributed by atoms with Crippen LogP contribution in [0.1, 0.15) is 0 Å². The fraction of sp³-hybridized carbons (Fsp3) is 1.00. The molecule has 1 atom stereocenters. The summed E-state index contributed by atoms with van der Waals surface area (Å²) in [6.45, 7) is 0. The zero-order valence-corrected chi connectivity index (χ0v) is 15.7. The topological polar surface area (TPSA) is 100 Å². The Morgan fingerprint density at radius 1 is 1.00 bits per heavy atom. The molecule has 12 heavy (non-hydrogen) atoms. The van der Waals surface area contributed by atoms with Crippen molar-refractivity contribution in [1.29, 1.82) is 0 Å². The molecule has 0 aliphatic rings. The average molecular weight is 322 g/mol. The summed E-state index contributed by atoms with van der Waals surface area (Å²) in [5.74, 6) is 0. The van der Waals surface area contributed by atoms with Crippen LogP contribution in [-0.4, -0.2) is 32.1 Å². The van der Waals surface area contributed by atoms with Gasteiger partial charge >= 0.3 is 124 Å². The van der Waals surface area contributed by atoms with Gasteiger partial charge in [0.2, 0.25) is 0 Å². The van der Waals surface area contributed by atoms with Crippen LogP contribution in [0.5, 0.6) is 0 Å². The fourth-order valence-corrected chi connectivity index (χ4v) is 0. The Bertz CT molecular complexity index is 135. The van der Waals surface area contributed by atoms with Crippen molar-refractivity contribution in [3.05, 3.63) is 0 Å². The van der Waals surface area contributed by atoms with Crippen LogP contribution < -0.4 is 67.3 Å². The van der Waals surface area contributed by atoms with Crippen LogP contribution in [0.3, 0.4) is 0 Å². The summed E-state index contributed by atoms with van der Waals surface area (Å²) in [4.78, 5) is 0. The van der Waals surface area contributed by atoms with Gasteiger partial charge in [0.05, 0.1) is 0 Å². The molecular weight excluding hydrogens is 312 g/mol. The van der Waals surface area contributed by atoms with Gasteiger partial charge in [0.1, 0.15) is 0 Å². The maximum absolute atomic E-state index is 9.72. The van der Waals surface area contributed by atoms with Crippen molar-refractivity contribution in [3.8, 4) is 0 Å². The molecule has 0 aromatic rings. The fourth-order valence-electron chi connectivity index (χ4n) is 0. The van der Waals surface area contributed by atoms with Gasteiger partial charge in [-0.15, -0.1) is 0 Å². The van der Waals surface area contributed by atoms with E-state index in [1.165, 1.54) is 11.4 Å². The van der Waals surface area contributed by atoms with Crippen molar-refractivity contribution >= 4 is 28.0 Å². The first-order valence-corrected chi connectivity index (χ1v) is 11.8. The summed E-state index contributed by atoms with van der Waals surface area (Å²) < 4.78 is 45.6. The number of hydrogen-bond acceptors (Lipinski definition) is 4. The molecule has 0 aromatic carbocycles. The average Bonchev–Trinajstić information content (AvgIpc) is 1.12. The molecule has 0 spiro atoms. The second-order valence-electron chi connectivity index (χ2n) is 2.06. The van der Waals surface area contributed by atoms with Crippen LogP contribution in [0.4, 0.5) is 0 Å². The van der Waals surface area contributed by atoms with Crippen LogP contribution in [0.2, 0.25) is 17.1 Å². The van der Waals surface area contributed by atoms with Crippen molar-refractivity contribution < 1.29 is 78.9 Å². The molecule has 0 amide bonds. The third kappa shape index (κ3) is 251. The first-order valence-electron chi connectivity index (χ1n) is 2.27. The van der Waals surface area contributed by atoms with E-state index < -0.39 is 28.0 Å². The van der Waals surface area contributed by atoms with Crippen molar-refractivity contribution in [2.45, 2.75) is 17.1 Å². The molecule has 0 aliphatic carbocycles. The number of hydrogen-bond donors (Lipinski definition) is 1.